The molecule has 1 unspecified atom stereocenters. The lowest BCUT2D eigenvalue weighted by atomic mass is 10.1. The van der Waals surface area contributed by atoms with Crippen molar-refractivity contribution in [2.45, 2.75) is 13.0 Å². The first-order chi connectivity index (χ1) is 9.19. The molecule has 0 heterocycles. The Labute approximate surface area is 126 Å². The van der Waals surface area contributed by atoms with E-state index in [-0.39, 0.29) is 30.9 Å². The first kappa shape index (κ1) is 18.7. The summed E-state index contributed by atoms with van der Waals surface area (Å²) < 4.78 is 10.2. The molecular formula is C14H23ClN2O3. The van der Waals surface area contributed by atoms with Crippen molar-refractivity contribution in [2.24, 2.45) is 0 Å². The van der Waals surface area contributed by atoms with E-state index in [1.807, 2.05) is 31.2 Å². The zero-order chi connectivity index (χ0) is 14.1. The van der Waals surface area contributed by atoms with Gasteiger partial charge in [0.2, 0.25) is 5.91 Å². The van der Waals surface area contributed by atoms with Gasteiger partial charge in [-0.3, -0.25) is 4.79 Å². The highest BCUT2D eigenvalue weighted by Crippen LogP contribution is 2.23. The second-order valence-corrected chi connectivity index (χ2v) is 4.20. The fourth-order valence-corrected chi connectivity index (χ4v) is 1.77. The van der Waals surface area contributed by atoms with Crippen molar-refractivity contribution in [1.29, 1.82) is 0 Å². The number of hydrogen-bond acceptors (Lipinski definition) is 4. The van der Waals surface area contributed by atoms with Crippen LogP contribution < -0.4 is 15.4 Å². The molecule has 0 bridgehead atoms. The lowest BCUT2D eigenvalue weighted by Gasteiger charge is -2.17. The Bertz CT molecular complexity index is 402. The molecule has 0 fully saturated rings. The van der Waals surface area contributed by atoms with Crippen molar-refractivity contribution in [2.75, 3.05) is 33.9 Å². The maximum atomic E-state index is 11.7. The van der Waals surface area contributed by atoms with E-state index in [4.69, 9.17) is 9.47 Å². The van der Waals surface area contributed by atoms with Crippen molar-refractivity contribution in [3.8, 4) is 5.75 Å². The number of halogens is 1. The molecule has 0 saturated carbocycles. The number of benzene rings is 1. The van der Waals surface area contributed by atoms with Crippen LogP contribution in [0.15, 0.2) is 24.3 Å². The maximum absolute atomic E-state index is 11.7. The van der Waals surface area contributed by atoms with Crippen LogP contribution in [-0.2, 0) is 9.53 Å². The molecule has 0 aliphatic heterocycles. The molecule has 114 valence electrons. The van der Waals surface area contributed by atoms with Gasteiger partial charge in [-0.25, -0.2) is 0 Å². The Morgan fingerprint density at radius 3 is 2.65 bits per heavy atom. The van der Waals surface area contributed by atoms with Gasteiger partial charge in [0.05, 0.1) is 26.3 Å². The Hall–Kier alpha value is -1.30. The molecule has 0 aromatic heterocycles. The summed E-state index contributed by atoms with van der Waals surface area (Å²) in [6, 6.07) is 7.57. The number of carbonyl (C=O) groups is 1. The highest BCUT2D eigenvalue weighted by molar-refractivity contribution is 5.85. The Balaban J connectivity index is 0.00000361. The van der Waals surface area contributed by atoms with Gasteiger partial charge in [-0.2, -0.15) is 0 Å². The van der Waals surface area contributed by atoms with E-state index in [9.17, 15) is 4.79 Å². The molecule has 1 atom stereocenters. The van der Waals surface area contributed by atoms with E-state index in [2.05, 4.69) is 10.6 Å². The lowest BCUT2D eigenvalue weighted by Crippen LogP contribution is -2.36. The molecule has 2 N–H and O–H groups in total. The van der Waals surface area contributed by atoms with Crippen LogP contribution in [0.2, 0.25) is 0 Å². The van der Waals surface area contributed by atoms with Crippen molar-refractivity contribution >= 4 is 18.3 Å². The van der Waals surface area contributed by atoms with Crippen LogP contribution in [0.4, 0.5) is 0 Å². The number of nitrogens with one attached hydrogen (secondary N) is 2. The minimum Gasteiger partial charge on any atom is -0.496 e. The van der Waals surface area contributed by atoms with E-state index in [1.165, 1.54) is 0 Å². The molecule has 20 heavy (non-hydrogen) atoms. The third kappa shape index (κ3) is 6.23. The Morgan fingerprint density at radius 1 is 1.30 bits per heavy atom. The molecule has 1 aromatic rings. The maximum Gasteiger partial charge on any atom is 0.234 e. The number of rotatable bonds is 8. The topological polar surface area (TPSA) is 59.6 Å². The van der Waals surface area contributed by atoms with E-state index in [1.54, 1.807) is 14.2 Å². The van der Waals surface area contributed by atoms with Gasteiger partial charge < -0.3 is 20.1 Å². The summed E-state index contributed by atoms with van der Waals surface area (Å²) in [5.74, 6) is 0.733. The van der Waals surface area contributed by atoms with E-state index in [0.717, 1.165) is 11.3 Å². The second kappa shape index (κ2) is 10.5. The summed E-state index contributed by atoms with van der Waals surface area (Å²) in [7, 11) is 3.26. The first-order valence-corrected chi connectivity index (χ1v) is 6.31. The molecule has 1 amide bonds. The summed E-state index contributed by atoms with van der Waals surface area (Å²) in [5, 5.41) is 5.93. The molecule has 0 aliphatic rings. The van der Waals surface area contributed by atoms with Gasteiger partial charge in [0.1, 0.15) is 5.75 Å². The number of amides is 1. The SMILES string of the molecule is COCCNCC(=O)NC(C)c1ccccc1OC.Cl. The molecule has 1 rings (SSSR count). The number of methoxy groups -OCH3 is 2. The quantitative estimate of drug-likeness (QED) is 0.715. The fraction of sp³-hybridized carbons (Fsp3) is 0.500. The van der Waals surface area contributed by atoms with Crippen LogP contribution >= 0.6 is 12.4 Å². The van der Waals surface area contributed by atoms with Gasteiger partial charge in [0.25, 0.3) is 0 Å². The molecule has 0 spiro atoms. The van der Waals surface area contributed by atoms with Crippen LogP contribution in [0, 0.1) is 0 Å². The zero-order valence-corrected chi connectivity index (χ0v) is 13.0. The molecule has 6 heteroatoms. The number of para-hydroxylation sites is 1. The molecule has 5 nitrogen and oxygen atoms in total. The van der Waals surface area contributed by atoms with Crippen LogP contribution in [0.3, 0.4) is 0 Å². The van der Waals surface area contributed by atoms with Gasteiger partial charge in [-0.1, -0.05) is 18.2 Å². The van der Waals surface area contributed by atoms with E-state index >= 15 is 0 Å². The molecule has 0 aliphatic carbocycles. The predicted octanol–water partition coefficient (Wildman–Crippen LogP) is 1.53. The van der Waals surface area contributed by atoms with Gasteiger partial charge in [0, 0.05) is 19.2 Å². The minimum atomic E-state index is -0.0899. The highest BCUT2D eigenvalue weighted by atomic mass is 35.5. The molecule has 0 radical (unpaired) electrons. The zero-order valence-electron chi connectivity index (χ0n) is 12.1. The average molecular weight is 303 g/mol. The predicted molar refractivity (Wildman–Crippen MR) is 81.5 cm³/mol. The summed E-state index contributed by atoms with van der Waals surface area (Å²) >= 11 is 0. The van der Waals surface area contributed by atoms with Gasteiger partial charge in [0.15, 0.2) is 0 Å². The molecular weight excluding hydrogens is 280 g/mol. The fourth-order valence-electron chi connectivity index (χ4n) is 1.77. The van der Waals surface area contributed by atoms with Crippen molar-refractivity contribution < 1.29 is 14.3 Å². The average Bonchev–Trinajstić information content (AvgIpc) is 2.43. The van der Waals surface area contributed by atoms with Crippen LogP contribution in [-0.4, -0.2) is 39.8 Å². The second-order valence-electron chi connectivity index (χ2n) is 4.20. The molecule has 1 aromatic carbocycles. The van der Waals surface area contributed by atoms with E-state index in [0.29, 0.717) is 13.2 Å². The third-order valence-corrected chi connectivity index (χ3v) is 2.75. The normalized spacial score (nSPS) is 11.3. The summed E-state index contributed by atoms with van der Waals surface area (Å²) in [5.41, 5.74) is 0.968. The van der Waals surface area contributed by atoms with Crippen LogP contribution in [0.1, 0.15) is 18.5 Å². The summed E-state index contributed by atoms with van der Waals surface area (Å²) in [6.07, 6.45) is 0. The van der Waals surface area contributed by atoms with Gasteiger partial charge in [-0.05, 0) is 13.0 Å². The minimum absolute atomic E-state index is 0. The number of hydrogen-bond donors (Lipinski definition) is 2. The van der Waals surface area contributed by atoms with Crippen LogP contribution in [0.5, 0.6) is 5.75 Å². The lowest BCUT2D eigenvalue weighted by molar-refractivity contribution is -0.120. The smallest absolute Gasteiger partial charge is 0.234 e. The first-order valence-electron chi connectivity index (χ1n) is 6.31. The standard InChI is InChI=1S/C14H22N2O3.ClH/c1-11(12-6-4-5-7-13(12)19-3)16-14(17)10-15-8-9-18-2;/h4-7,11,15H,8-10H2,1-3H3,(H,16,17);1H. The monoisotopic (exact) mass is 302 g/mol. The Morgan fingerprint density at radius 2 is 2.00 bits per heavy atom. The largest absolute Gasteiger partial charge is 0.496 e. The van der Waals surface area contributed by atoms with Gasteiger partial charge in [-0.15, -0.1) is 12.4 Å². The summed E-state index contributed by atoms with van der Waals surface area (Å²) in [6.45, 7) is 3.47. The highest BCUT2D eigenvalue weighted by Gasteiger charge is 2.12. The molecule has 0 saturated heterocycles. The van der Waals surface area contributed by atoms with Crippen LogP contribution in [0.25, 0.3) is 0 Å². The van der Waals surface area contributed by atoms with Crippen molar-refractivity contribution in [3.05, 3.63) is 29.8 Å². The summed E-state index contributed by atoms with van der Waals surface area (Å²) in [4.78, 5) is 11.7. The van der Waals surface area contributed by atoms with Gasteiger partial charge >= 0.3 is 0 Å². The number of carbonyl (C=O) groups excluding carboxylic acids is 1. The van der Waals surface area contributed by atoms with Crippen molar-refractivity contribution in [1.82, 2.24) is 10.6 Å². The number of ether oxygens (including phenoxy) is 2. The van der Waals surface area contributed by atoms with Crippen molar-refractivity contribution in [3.63, 3.8) is 0 Å². The van der Waals surface area contributed by atoms with E-state index < -0.39 is 0 Å². The third-order valence-electron chi connectivity index (χ3n) is 2.75. The Kier molecular flexibility index (Phi) is 9.80.